The van der Waals surface area contributed by atoms with Gasteiger partial charge in [-0.3, -0.25) is 9.59 Å². The lowest BCUT2D eigenvalue weighted by Gasteiger charge is -2.22. The average molecular weight is 412 g/mol. The fourth-order valence-corrected chi connectivity index (χ4v) is 3.54. The van der Waals surface area contributed by atoms with Gasteiger partial charge >= 0.3 is 0 Å². The molecule has 0 aromatic heterocycles. The van der Waals surface area contributed by atoms with Crippen LogP contribution in [-0.4, -0.2) is 57.7 Å². The zero-order valence-electron chi connectivity index (χ0n) is 17.7. The van der Waals surface area contributed by atoms with Crippen molar-refractivity contribution < 1.29 is 23.8 Å². The fraction of sp³-hybridized carbons (Fsp3) is 0.391. The maximum absolute atomic E-state index is 12.9. The van der Waals surface area contributed by atoms with Crippen LogP contribution >= 0.6 is 0 Å². The third-order valence-corrected chi connectivity index (χ3v) is 5.18. The third-order valence-electron chi connectivity index (χ3n) is 5.18. The summed E-state index contributed by atoms with van der Waals surface area (Å²) in [6.45, 7) is 1.42. The Balaban J connectivity index is 1.55. The maximum atomic E-state index is 12.9. The second kappa shape index (κ2) is 10.0. The molecule has 2 aromatic rings. The first-order valence-electron chi connectivity index (χ1n) is 9.98. The van der Waals surface area contributed by atoms with Crippen molar-refractivity contribution in [2.24, 2.45) is 5.92 Å². The van der Waals surface area contributed by atoms with Gasteiger partial charge in [0.25, 0.3) is 0 Å². The zero-order chi connectivity index (χ0) is 21.5. The van der Waals surface area contributed by atoms with Gasteiger partial charge in [0.1, 0.15) is 17.2 Å². The predicted octanol–water partition coefficient (Wildman–Crippen LogP) is 2.98. The van der Waals surface area contributed by atoms with Crippen molar-refractivity contribution >= 4 is 17.5 Å². The highest BCUT2D eigenvalue weighted by Gasteiger charge is 2.37. The first-order chi connectivity index (χ1) is 14.5. The largest absolute Gasteiger partial charge is 0.497 e. The highest BCUT2D eigenvalue weighted by atomic mass is 16.5. The Morgan fingerprint density at radius 1 is 1.10 bits per heavy atom. The molecule has 7 nitrogen and oxygen atoms in total. The Bertz CT molecular complexity index is 871. The van der Waals surface area contributed by atoms with E-state index in [9.17, 15) is 9.59 Å². The number of para-hydroxylation sites is 1. The fourth-order valence-electron chi connectivity index (χ4n) is 3.54. The van der Waals surface area contributed by atoms with Crippen LogP contribution < -0.4 is 19.1 Å². The van der Waals surface area contributed by atoms with Crippen molar-refractivity contribution in [3.63, 3.8) is 0 Å². The van der Waals surface area contributed by atoms with Gasteiger partial charge < -0.3 is 24.0 Å². The van der Waals surface area contributed by atoms with Crippen LogP contribution in [0.15, 0.2) is 48.5 Å². The van der Waals surface area contributed by atoms with Gasteiger partial charge in [0.05, 0.1) is 32.4 Å². The van der Waals surface area contributed by atoms with Crippen molar-refractivity contribution in [1.82, 2.24) is 4.90 Å². The molecule has 1 atom stereocenters. The molecule has 0 spiro atoms. The van der Waals surface area contributed by atoms with Crippen LogP contribution in [-0.2, 0) is 9.59 Å². The number of anilines is 1. The number of hydrogen-bond acceptors (Lipinski definition) is 5. The molecule has 1 saturated heterocycles. The smallest absolute Gasteiger partial charge is 0.227 e. The zero-order valence-corrected chi connectivity index (χ0v) is 17.7. The van der Waals surface area contributed by atoms with Gasteiger partial charge in [0.15, 0.2) is 0 Å². The number of carbonyl (C=O) groups is 2. The molecule has 0 saturated carbocycles. The first-order valence-corrected chi connectivity index (χ1v) is 9.98. The number of nitrogens with zero attached hydrogens (tertiary/aromatic N) is 2. The number of ether oxygens (including phenoxy) is 3. The quantitative estimate of drug-likeness (QED) is 0.593. The van der Waals surface area contributed by atoms with E-state index in [1.807, 2.05) is 30.3 Å². The van der Waals surface area contributed by atoms with E-state index in [0.717, 1.165) is 5.75 Å². The molecule has 1 aliphatic rings. The van der Waals surface area contributed by atoms with Crippen LogP contribution in [0.4, 0.5) is 5.69 Å². The Morgan fingerprint density at radius 3 is 2.57 bits per heavy atom. The van der Waals surface area contributed by atoms with Crippen LogP contribution in [0.3, 0.4) is 0 Å². The second-order valence-electron chi connectivity index (χ2n) is 7.22. The normalized spacial score (nSPS) is 15.8. The second-order valence-corrected chi connectivity index (χ2v) is 7.22. The molecule has 1 aliphatic heterocycles. The Morgan fingerprint density at radius 2 is 1.87 bits per heavy atom. The number of amides is 2. The number of benzene rings is 2. The van der Waals surface area contributed by atoms with Gasteiger partial charge in [-0.15, -0.1) is 0 Å². The molecule has 1 fully saturated rings. The highest BCUT2D eigenvalue weighted by molar-refractivity contribution is 6.01. The van der Waals surface area contributed by atoms with Crippen LogP contribution in [0.1, 0.15) is 12.8 Å². The summed E-state index contributed by atoms with van der Waals surface area (Å²) < 4.78 is 16.3. The van der Waals surface area contributed by atoms with Crippen molar-refractivity contribution in [3.8, 4) is 17.2 Å². The van der Waals surface area contributed by atoms with E-state index in [2.05, 4.69) is 0 Å². The van der Waals surface area contributed by atoms with E-state index in [0.29, 0.717) is 43.3 Å². The lowest BCUT2D eigenvalue weighted by atomic mass is 10.1. The molecule has 7 heteroatoms. The number of methoxy groups -OCH3 is 2. The van der Waals surface area contributed by atoms with Gasteiger partial charge in [-0.1, -0.05) is 18.2 Å². The number of hydrogen-bond donors (Lipinski definition) is 0. The molecule has 0 aliphatic carbocycles. The van der Waals surface area contributed by atoms with Crippen molar-refractivity contribution in [2.75, 3.05) is 45.9 Å². The molecule has 30 heavy (non-hydrogen) atoms. The van der Waals surface area contributed by atoms with Gasteiger partial charge in [0, 0.05) is 32.6 Å². The van der Waals surface area contributed by atoms with Gasteiger partial charge in [-0.2, -0.15) is 0 Å². The van der Waals surface area contributed by atoms with Gasteiger partial charge in [-0.05, 0) is 30.7 Å². The van der Waals surface area contributed by atoms with E-state index < -0.39 is 0 Å². The van der Waals surface area contributed by atoms with Crippen molar-refractivity contribution in [2.45, 2.75) is 12.8 Å². The standard InChI is InChI=1S/C23H28N2O5/c1-24(12-7-13-30-18-8-5-4-6-9-18)23(27)17-14-22(26)25(16-17)20-15-19(28-2)10-11-21(20)29-3/h4-6,8-11,15,17H,7,12-14,16H2,1-3H3. The minimum atomic E-state index is -0.381. The summed E-state index contributed by atoms with van der Waals surface area (Å²) in [5, 5.41) is 0. The molecule has 0 N–H and O–H groups in total. The highest BCUT2D eigenvalue weighted by Crippen LogP contribution is 2.36. The Labute approximate surface area is 177 Å². The monoisotopic (exact) mass is 412 g/mol. The topological polar surface area (TPSA) is 68.3 Å². The van der Waals surface area contributed by atoms with Gasteiger partial charge in [0.2, 0.25) is 11.8 Å². The molecule has 0 bridgehead atoms. The molecular formula is C23H28N2O5. The van der Waals surface area contributed by atoms with E-state index >= 15 is 0 Å². The van der Waals surface area contributed by atoms with Gasteiger partial charge in [-0.25, -0.2) is 0 Å². The minimum Gasteiger partial charge on any atom is -0.497 e. The summed E-state index contributed by atoms with van der Waals surface area (Å²) in [4.78, 5) is 28.8. The van der Waals surface area contributed by atoms with Crippen LogP contribution in [0.5, 0.6) is 17.2 Å². The predicted molar refractivity (Wildman–Crippen MR) is 114 cm³/mol. The van der Waals surface area contributed by atoms with E-state index in [1.54, 1.807) is 49.3 Å². The molecule has 0 radical (unpaired) electrons. The molecule has 2 amide bonds. The van der Waals surface area contributed by atoms with Crippen LogP contribution in [0, 0.1) is 5.92 Å². The molecule has 3 rings (SSSR count). The molecule has 1 heterocycles. The summed E-state index contributed by atoms with van der Waals surface area (Å²) in [6.07, 6.45) is 0.898. The van der Waals surface area contributed by atoms with E-state index in [1.165, 1.54) is 0 Å². The third kappa shape index (κ3) is 5.03. The number of rotatable bonds is 9. The summed E-state index contributed by atoms with van der Waals surface area (Å²) in [5.41, 5.74) is 0.621. The first kappa shape index (κ1) is 21.5. The lowest BCUT2D eigenvalue weighted by Crippen LogP contribution is -2.35. The molecule has 2 aromatic carbocycles. The summed E-state index contributed by atoms with van der Waals surface area (Å²) in [5.74, 6) is 1.50. The Kier molecular flexibility index (Phi) is 7.17. The minimum absolute atomic E-state index is 0.0348. The summed E-state index contributed by atoms with van der Waals surface area (Å²) in [7, 11) is 4.89. The van der Waals surface area contributed by atoms with Crippen molar-refractivity contribution in [3.05, 3.63) is 48.5 Å². The summed E-state index contributed by atoms with van der Waals surface area (Å²) >= 11 is 0. The van der Waals surface area contributed by atoms with Crippen LogP contribution in [0.25, 0.3) is 0 Å². The average Bonchev–Trinajstić information content (AvgIpc) is 3.17. The molecule has 160 valence electrons. The number of carbonyl (C=O) groups excluding carboxylic acids is 2. The van der Waals surface area contributed by atoms with E-state index in [-0.39, 0.29) is 24.2 Å². The SMILES string of the molecule is COc1ccc(OC)c(N2CC(C(=O)N(C)CCCOc3ccccc3)CC2=O)c1. The maximum Gasteiger partial charge on any atom is 0.227 e. The molecule has 1 unspecified atom stereocenters. The van der Waals surface area contributed by atoms with Crippen molar-refractivity contribution in [1.29, 1.82) is 0 Å². The molecular weight excluding hydrogens is 384 g/mol. The van der Waals surface area contributed by atoms with E-state index in [4.69, 9.17) is 14.2 Å². The van der Waals surface area contributed by atoms with Crippen LogP contribution in [0.2, 0.25) is 0 Å². The lowest BCUT2D eigenvalue weighted by molar-refractivity contribution is -0.134. The Hall–Kier alpha value is -3.22. The summed E-state index contributed by atoms with van der Waals surface area (Å²) in [6, 6.07) is 14.9.